The van der Waals surface area contributed by atoms with Gasteiger partial charge in [0.25, 0.3) is 0 Å². The number of fused-ring (bicyclic) bond motifs is 1. The van der Waals surface area contributed by atoms with Gasteiger partial charge in [-0.15, -0.1) is 0 Å². The number of rotatable bonds is 1. The summed E-state index contributed by atoms with van der Waals surface area (Å²) in [7, 11) is 0. The third-order valence-corrected chi connectivity index (χ3v) is 4.40. The van der Waals surface area contributed by atoms with Gasteiger partial charge in [0.05, 0.1) is 0 Å². The van der Waals surface area contributed by atoms with E-state index in [1.807, 2.05) is 0 Å². The van der Waals surface area contributed by atoms with E-state index in [2.05, 4.69) is 28.2 Å². The average molecular weight is 262 g/mol. The van der Waals surface area contributed by atoms with E-state index < -0.39 is 5.97 Å². The predicted molar refractivity (Wildman–Crippen MR) is 57.6 cm³/mol. The minimum absolute atomic E-state index is 0.324. The number of alkyl halides is 1. The molecule has 1 aliphatic carbocycles. The van der Waals surface area contributed by atoms with E-state index in [1.165, 1.54) is 6.42 Å². The van der Waals surface area contributed by atoms with Crippen molar-refractivity contribution in [1.29, 1.82) is 0 Å². The molecule has 0 aromatic carbocycles. The summed E-state index contributed by atoms with van der Waals surface area (Å²) in [4.78, 5) is 11.3. The van der Waals surface area contributed by atoms with Crippen molar-refractivity contribution in [3.05, 3.63) is 0 Å². The van der Waals surface area contributed by atoms with Crippen LogP contribution in [0.3, 0.4) is 0 Å². The second kappa shape index (κ2) is 3.81. The molecule has 1 saturated carbocycles. The van der Waals surface area contributed by atoms with Crippen LogP contribution in [0.25, 0.3) is 0 Å². The summed E-state index contributed by atoms with van der Waals surface area (Å²) in [5.41, 5.74) is 0. The normalized spacial score (nSPS) is 47.4. The van der Waals surface area contributed by atoms with Crippen molar-refractivity contribution in [3.8, 4) is 0 Å². The Morgan fingerprint density at radius 2 is 2.14 bits per heavy atom. The number of carbonyl (C=O) groups is 1. The lowest BCUT2D eigenvalue weighted by Crippen LogP contribution is -2.44. The molecule has 1 aliphatic heterocycles. The molecule has 0 bridgehead atoms. The van der Waals surface area contributed by atoms with Gasteiger partial charge in [-0.2, -0.15) is 0 Å². The second-order valence-electron chi connectivity index (χ2n) is 4.67. The molecule has 2 fully saturated rings. The SMILES string of the molecule is CC1CC(Br)C2NC(C(=O)O)CC2C1. The van der Waals surface area contributed by atoms with E-state index in [4.69, 9.17) is 5.11 Å². The number of carboxylic acid groups (broad SMARTS) is 1. The van der Waals surface area contributed by atoms with Crippen LogP contribution in [0.2, 0.25) is 0 Å². The first-order valence-electron chi connectivity index (χ1n) is 5.21. The summed E-state index contributed by atoms with van der Waals surface area (Å²) in [6.45, 7) is 2.25. The standard InChI is InChI=1S/C10H16BrNO2/c1-5-2-6-4-8(10(13)14)12-9(6)7(11)3-5/h5-9,12H,2-4H2,1H3,(H,13,14). The largest absolute Gasteiger partial charge is 0.480 e. The van der Waals surface area contributed by atoms with Gasteiger partial charge in [-0.05, 0) is 31.1 Å². The lowest BCUT2D eigenvalue weighted by Gasteiger charge is -2.33. The molecule has 0 radical (unpaired) electrons. The van der Waals surface area contributed by atoms with Crippen LogP contribution >= 0.6 is 15.9 Å². The number of hydrogen-bond acceptors (Lipinski definition) is 2. The van der Waals surface area contributed by atoms with Crippen LogP contribution in [0.1, 0.15) is 26.2 Å². The van der Waals surface area contributed by atoms with Crippen molar-refractivity contribution in [2.24, 2.45) is 11.8 Å². The van der Waals surface area contributed by atoms with E-state index in [0.29, 0.717) is 16.8 Å². The molecule has 0 aromatic rings. The lowest BCUT2D eigenvalue weighted by atomic mass is 9.79. The Hall–Kier alpha value is -0.0900. The summed E-state index contributed by atoms with van der Waals surface area (Å²) < 4.78 is 0. The van der Waals surface area contributed by atoms with Gasteiger partial charge < -0.3 is 10.4 Å². The average Bonchev–Trinajstić information content (AvgIpc) is 2.47. The van der Waals surface area contributed by atoms with Gasteiger partial charge in [-0.1, -0.05) is 22.9 Å². The number of halogens is 1. The summed E-state index contributed by atoms with van der Waals surface area (Å²) in [6.07, 6.45) is 3.12. The zero-order chi connectivity index (χ0) is 10.3. The van der Waals surface area contributed by atoms with Gasteiger partial charge in [-0.25, -0.2) is 0 Å². The Morgan fingerprint density at radius 1 is 1.43 bits per heavy atom. The van der Waals surface area contributed by atoms with E-state index in [-0.39, 0.29) is 6.04 Å². The molecule has 5 atom stereocenters. The van der Waals surface area contributed by atoms with Crippen molar-refractivity contribution in [3.63, 3.8) is 0 Å². The maximum Gasteiger partial charge on any atom is 0.320 e. The van der Waals surface area contributed by atoms with Crippen molar-refractivity contribution in [1.82, 2.24) is 5.32 Å². The van der Waals surface area contributed by atoms with Crippen LogP contribution in [-0.2, 0) is 4.79 Å². The third kappa shape index (κ3) is 1.82. The molecular weight excluding hydrogens is 246 g/mol. The molecule has 0 spiro atoms. The molecule has 0 amide bonds. The van der Waals surface area contributed by atoms with Crippen molar-refractivity contribution in [2.75, 3.05) is 0 Å². The summed E-state index contributed by atoms with van der Waals surface area (Å²) in [5.74, 6) is 0.561. The zero-order valence-corrected chi connectivity index (χ0v) is 9.83. The van der Waals surface area contributed by atoms with Crippen LogP contribution in [-0.4, -0.2) is 28.0 Å². The molecule has 2 aliphatic rings. The highest BCUT2D eigenvalue weighted by Gasteiger charge is 2.43. The van der Waals surface area contributed by atoms with Gasteiger partial charge in [0.15, 0.2) is 0 Å². The van der Waals surface area contributed by atoms with E-state index >= 15 is 0 Å². The van der Waals surface area contributed by atoms with Crippen LogP contribution in [0, 0.1) is 11.8 Å². The highest BCUT2D eigenvalue weighted by molar-refractivity contribution is 9.09. The topological polar surface area (TPSA) is 49.3 Å². The Balaban J connectivity index is 2.05. The van der Waals surface area contributed by atoms with Gasteiger partial charge in [0.2, 0.25) is 0 Å². The van der Waals surface area contributed by atoms with Gasteiger partial charge >= 0.3 is 5.97 Å². The summed E-state index contributed by atoms with van der Waals surface area (Å²) in [5, 5.41) is 12.2. The van der Waals surface area contributed by atoms with Crippen molar-refractivity contribution >= 4 is 21.9 Å². The first-order chi connectivity index (χ1) is 6.58. The van der Waals surface area contributed by atoms with E-state index in [0.717, 1.165) is 18.8 Å². The first kappa shape index (κ1) is 10.4. The molecule has 1 saturated heterocycles. The van der Waals surface area contributed by atoms with Crippen LogP contribution < -0.4 is 5.32 Å². The fourth-order valence-corrected chi connectivity index (χ4v) is 4.07. The molecule has 2 N–H and O–H groups in total. The molecule has 1 heterocycles. The van der Waals surface area contributed by atoms with Crippen LogP contribution in [0.5, 0.6) is 0 Å². The molecular formula is C10H16BrNO2. The molecule has 3 nitrogen and oxygen atoms in total. The Kier molecular flexibility index (Phi) is 2.84. The van der Waals surface area contributed by atoms with Gasteiger partial charge in [-0.3, -0.25) is 4.79 Å². The minimum Gasteiger partial charge on any atom is -0.480 e. The Bertz CT molecular complexity index is 246. The summed E-state index contributed by atoms with van der Waals surface area (Å²) >= 11 is 3.66. The van der Waals surface area contributed by atoms with Gasteiger partial charge in [0.1, 0.15) is 6.04 Å². The van der Waals surface area contributed by atoms with Crippen molar-refractivity contribution in [2.45, 2.75) is 43.1 Å². The third-order valence-electron chi connectivity index (χ3n) is 3.46. The highest BCUT2D eigenvalue weighted by Crippen LogP contribution is 2.39. The fraction of sp³-hybridized carbons (Fsp3) is 0.900. The van der Waals surface area contributed by atoms with Crippen molar-refractivity contribution < 1.29 is 9.90 Å². The molecule has 4 heteroatoms. The van der Waals surface area contributed by atoms with Crippen LogP contribution in [0.15, 0.2) is 0 Å². The predicted octanol–water partition coefficient (Wildman–Crippen LogP) is 1.61. The maximum absolute atomic E-state index is 10.9. The first-order valence-corrected chi connectivity index (χ1v) is 6.12. The monoisotopic (exact) mass is 261 g/mol. The Labute approximate surface area is 92.4 Å². The lowest BCUT2D eigenvalue weighted by molar-refractivity contribution is -0.139. The van der Waals surface area contributed by atoms with Crippen LogP contribution in [0.4, 0.5) is 0 Å². The second-order valence-corrected chi connectivity index (χ2v) is 5.85. The minimum atomic E-state index is -0.702. The quantitative estimate of drug-likeness (QED) is 0.706. The molecule has 5 unspecified atom stereocenters. The number of hydrogen-bond donors (Lipinski definition) is 2. The Morgan fingerprint density at radius 3 is 2.79 bits per heavy atom. The zero-order valence-electron chi connectivity index (χ0n) is 8.24. The smallest absolute Gasteiger partial charge is 0.320 e. The molecule has 0 aromatic heterocycles. The number of nitrogens with one attached hydrogen (secondary N) is 1. The van der Waals surface area contributed by atoms with Gasteiger partial charge in [0, 0.05) is 10.9 Å². The summed E-state index contributed by atoms with van der Waals surface area (Å²) in [6, 6.07) is 0.0441. The number of aliphatic carboxylic acids is 1. The fourth-order valence-electron chi connectivity index (χ4n) is 2.84. The van der Waals surface area contributed by atoms with E-state index in [1.54, 1.807) is 0 Å². The molecule has 80 valence electrons. The number of carboxylic acids is 1. The molecule has 14 heavy (non-hydrogen) atoms. The highest BCUT2D eigenvalue weighted by atomic mass is 79.9. The molecule has 2 rings (SSSR count). The maximum atomic E-state index is 10.9. The van der Waals surface area contributed by atoms with E-state index in [9.17, 15) is 4.79 Å².